The van der Waals surface area contributed by atoms with Gasteiger partial charge in [-0.15, -0.1) is 0 Å². The average Bonchev–Trinajstić information content (AvgIpc) is 2.58. The molecule has 0 fully saturated rings. The van der Waals surface area contributed by atoms with Gasteiger partial charge in [-0.05, 0) is 0 Å². The summed E-state index contributed by atoms with van der Waals surface area (Å²) in [5.41, 5.74) is 0.287. The fourth-order valence-corrected chi connectivity index (χ4v) is 1.67. The van der Waals surface area contributed by atoms with Crippen LogP contribution >= 0.6 is 0 Å². The summed E-state index contributed by atoms with van der Waals surface area (Å²) in [6.07, 6.45) is -4.67. The first kappa shape index (κ1) is 10.8. The van der Waals surface area contributed by atoms with Crippen LogP contribution in [-0.2, 0) is 17.8 Å². The van der Waals surface area contributed by atoms with E-state index >= 15 is 0 Å². The molecule has 0 aliphatic carbocycles. The van der Waals surface area contributed by atoms with Crippen LogP contribution in [0.1, 0.15) is 11.3 Å². The molecule has 1 amide bonds. The summed E-state index contributed by atoms with van der Waals surface area (Å²) in [6.45, 7) is -0.342. The largest absolute Gasteiger partial charge is 0.471 e. The molecule has 1 aromatic heterocycles. The number of aromatic nitrogens is 2. The molecule has 8 heteroatoms. The summed E-state index contributed by atoms with van der Waals surface area (Å²) in [6, 6.07) is 0. The van der Waals surface area contributed by atoms with Crippen molar-refractivity contribution in [1.29, 1.82) is 0 Å². The van der Waals surface area contributed by atoms with Gasteiger partial charge in [0.2, 0.25) is 0 Å². The molecule has 0 spiro atoms. The number of carbonyl (C=O) groups is 1. The van der Waals surface area contributed by atoms with Crippen LogP contribution in [-0.4, -0.2) is 33.7 Å². The Labute approximate surface area is 87.2 Å². The molecule has 16 heavy (non-hydrogen) atoms. The van der Waals surface area contributed by atoms with Crippen molar-refractivity contribution in [3.63, 3.8) is 0 Å². The summed E-state index contributed by atoms with van der Waals surface area (Å²) in [5, 5.41) is 4.84. The molecule has 2 N–H and O–H groups in total. The van der Waals surface area contributed by atoms with Gasteiger partial charge in [0, 0.05) is 18.7 Å². The zero-order valence-electron chi connectivity index (χ0n) is 8.02. The van der Waals surface area contributed by atoms with Crippen molar-refractivity contribution >= 4 is 5.91 Å². The molecule has 0 unspecified atom stereocenters. The highest BCUT2D eigenvalue weighted by Crippen LogP contribution is 2.22. The summed E-state index contributed by atoms with van der Waals surface area (Å²) in [4.78, 5) is 22.7. The highest BCUT2D eigenvalue weighted by atomic mass is 19.4. The first-order valence-corrected chi connectivity index (χ1v) is 4.54. The Balaban J connectivity index is 2.23. The van der Waals surface area contributed by atoms with Crippen LogP contribution in [0.3, 0.4) is 0 Å². The van der Waals surface area contributed by atoms with Gasteiger partial charge in [0.15, 0.2) is 0 Å². The zero-order valence-corrected chi connectivity index (χ0v) is 8.02. The maximum absolute atomic E-state index is 12.2. The standard InChI is InChI=1S/C8H8F3N3O2/c9-8(10,11)7(16)14-2-1-5-4(3-14)6(15)13-12-5/h1-3H2,(H2,12,13,15). The smallest absolute Gasteiger partial charge is 0.330 e. The van der Waals surface area contributed by atoms with Gasteiger partial charge in [-0.3, -0.25) is 14.7 Å². The van der Waals surface area contributed by atoms with E-state index in [0.29, 0.717) is 10.6 Å². The van der Waals surface area contributed by atoms with Crippen molar-refractivity contribution in [2.75, 3.05) is 6.54 Å². The van der Waals surface area contributed by atoms with Gasteiger partial charge in [0.1, 0.15) is 0 Å². The molecule has 2 heterocycles. The third-order valence-electron chi connectivity index (χ3n) is 2.48. The second-order valence-corrected chi connectivity index (χ2v) is 3.51. The number of H-pyrrole nitrogens is 2. The summed E-state index contributed by atoms with van der Waals surface area (Å²) in [5.74, 6) is -1.90. The van der Waals surface area contributed by atoms with Crippen LogP contribution in [0.15, 0.2) is 4.79 Å². The van der Waals surface area contributed by atoms with Crippen molar-refractivity contribution in [2.24, 2.45) is 0 Å². The molecule has 1 aliphatic rings. The van der Waals surface area contributed by atoms with Crippen LogP contribution in [0.2, 0.25) is 0 Å². The Bertz CT molecular complexity index is 474. The third-order valence-corrected chi connectivity index (χ3v) is 2.48. The van der Waals surface area contributed by atoms with Crippen LogP contribution in [0.5, 0.6) is 0 Å². The van der Waals surface area contributed by atoms with E-state index in [9.17, 15) is 22.8 Å². The summed E-state index contributed by atoms with van der Waals surface area (Å²) in [7, 11) is 0. The number of hydrogen-bond acceptors (Lipinski definition) is 2. The van der Waals surface area contributed by atoms with Gasteiger partial charge in [0.05, 0.1) is 12.1 Å². The molecular formula is C8H8F3N3O2. The number of rotatable bonds is 0. The first-order valence-electron chi connectivity index (χ1n) is 4.54. The number of carbonyl (C=O) groups excluding carboxylic acids is 1. The minimum absolute atomic E-state index is 0.0425. The Morgan fingerprint density at radius 3 is 2.62 bits per heavy atom. The highest BCUT2D eigenvalue weighted by molar-refractivity contribution is 5.82. The number of nitrogens with one attached hydrogen (secondary N) is 2. The molecule has 2 rings (SSSR count). The fourth-order valence-electron chi connectivity index (χ4n) is 1.67. The van der Waals surface area contributed by atoms with Gasteiger partial charge < -0.3 is 10.00 Å². The molecule has 0 aromatic carbocycles. The highest BCUT2D eigenvalue weighted by Gasteiger charge is 2.43. The number of aromatic amines is 2. The fraction of sp³-hybridized carbons (Fsp3) is 0.500. The molecule has 1 aliphatic heterocycles. The maximum Gasteiger partial charge on any atom is 0.471 e. The molecule has 0 atom stereocenters. The number of amides is 1. The molecular weight excluding hydrogens is 227 g/mol. The van der Waals surface area contributed by atoms with Gasteiger partial charge >= 0.3 is 12.1 Å². The van der Waals surface area contributed by atoms with E-state index < -0.39 is 17.6 Å². The van der Waals surface area contributed by atoms with E-state index in [1.807, 2.05) is 0 Å². The van der Waals surface area contributed by atoms with E-state index in [1.54, 1.807) is 0 Å². The molecule has 0 saturated carbocycles. The van der Waals surface area contributed by atoms with Crippen molar-refractivity contribution in [1.82, 2.24) is 15.1 Å². The average molecular weight is 235 g/mol. The monoisotopic (exact) mass is 235 g/mol. The Kier molecular flexibility index (Phi) is 2.28. The van der Waals surface area contributed by atoms with Crippen LogP contribution in [0, 0.1) is 0 Å². The molecule has 0 bridgehead atoms. The second kappa shape index (κ2) is 3.39. The lowest BCUT2D eigenvalue weighted by molar-refractivity contribution is -0.186. The van der Waals surface area contributed by atoms with Gasteiger partial charge in [0.25, 0.3) is 5.56 Å². The summed E-state index contributed by atoms with van der Waals surface area (Å²) >= 11 is 0. The maximum atomic E-state index is 12.2. The quantitative estimate of drug-likeness (QED) is 0.672. The lowest BCUT2D eigenvalue weighted by Gasteiger charge is -2.26. The van der Waals surface area contributed by atoms with E-state index in [2.05, 4.69) is 10.2 Å². The predicted octanol–water partition coefficient (Wildman–Crippen LogP) is 0.150. The third kappa shape index (κ3) is 1.70. The predicted molar refractivity (Wildman–Crippen MR) is 46.6 cm³/mol. The van der Waals surface area contributed by atoms with Crippen LogP contribution < -0.4 is 5.56 Å². The van der Waals surface area contributed by atoms with Gasteiger partial charge in [-0.1, -0.05) is 0 Å². The number of fused-ring (bicyclic) bond motifs is 1. The lowest BCUT2D eigenvalue weighted by Crippen LogP contribution is -2.44. The van der Waals surface area contributed by atoms with Crippen molar-refractivity contribution < 1.29 is 18.0 Å². The molecule has 0 radical (unpaired) electrons. The molecule has 5 nitrogen and oxygen atoms in total. The van der Waals surface area contributed by atoms with E-state index in [0.717, 1.165) is 0 Å². The zero-order chi connectivity index (χ0) is 11.9. The SMILES string of the molecule is O=C(N1CCc2[nH][nH]c(=O)c2C1)C(F)(F)F. The molecule has 88 valence electrons. The van der Waals surface area contributed by atoms with Crippen LogP contribution in [0.25, 0.3) is 0 Å². The summed E-state index contributed by atoms with van der Waals surface area (Å²) < 4.78 is 36.5. The normalized spacial score (nSPS) is 16.1. The Morgan fingerprint density at radius 1 is 1.31 bits per heavy atom. The Morgan fingerprint density at radius 2 is 2.00 bits per heavy atom. The van der Waals surface area contributed by atoms with Crippen LogP contribution in [0.4, 0.5) is 13.2 Å². The minimum atomic E-state index is -4.89. The number of nitrogens with zero attached hydrogens (tertiary/aromatic N) is 1. The van der Waals surface area contributed by atoms with Crippen molar-refractivity contribution in [2.45, 2.75) is 19.1 Å². The first-order chi connectivity index (χ1) is 7.39. The van der Waals surface area contributed by atoms with Gasteiger partial charge in [-0.25, -0.2) is 0 Å². The number of hydrogen-bond donors (Lipinski definition) is 2. The molecule has 1 aromatic rings. The number of alkyl halides is 3. The topological polar surface area (TPSA) is 69.0 Å². The molecule has 0 saturated heterocycles. The van der Waals surface area contributed by atoms with E-state index in [1.165, 1.54) is 0 Å². The number of halogens is 3. The lowest BCUT2D eigenvalue weighted by atomic mass is 10.1. The second-order valence-electron chi connectivity index (χ2n) is 3.51. The van der Waals surface area contributed by atoms with Crippen molar-refractivity contribution in [3.8, 4) is 0 Å². The van der Waals surface area contributed by atoms with Gasteiger partial charge in [-0.2, -0.15) is 13.2 Å². The Hall–Kier alpha value is -1.73. The van der Waals surface area contributed by atoms with E-state index in [-0.39, 0.29) is 25.1 Å². The van der Waals surface area contributed by atoms with E-state index in [4.69, 9.17) is 0 Å². The van der Waals surface area contributed by atoms with Crippen molar-refractivity contribution in [3.05, 3.63) is 21.6 Å². The minimum Gasteiger partial charge on any atom is -0.330 e.